The van der Waals surface area contributed by atoms with Crippen LogP contribution in [-0.2, 0) is 10.5 Å². The van der Waals surface area contributed by atoms with Crippen molar-refractivity contribution in [2.45, 2.75) is 31.4 Å². The maximum Gasteiger partial charge on any atom is 0.336 e. The predicted octanol–water partition coefficient (Wildman–Crippen LogP) is 4.66. The molecule has 1 N–H and O–H groups in total. The lowest BCUT2D eigenvalue weighted by Gasteiger charge is -2.09. The largest absolute Gasteiger partial charge is 0.423 e. The minimum absolute atomic E-state index is 0.164. The van der Waals surface area contributed by atoms with E-state index in [-0.39, 0.29) is 11.5 Å². The van der Waals surface area contributed by atoms with Crippen LogP contribution in [0.15, 0.2) is 56.6 Å². The van der Waals surface area contributed by atoms with E-state index in [4.69, 9.17) is 4.42 Å². The minimum atomic E-state index is -0.385. The lowest BCUT2D eigenvalue weighted by molar-refractivity contribution is -0.114. The van der Waals surface area contributed by atoms with Crippen LogP contribution in [0.2, 0.25) is 0 Å². The number of hydrogen-bond donors (Lipinski definition) is 1. The molecule has 1 aromatic heterocycles. The summed E-state index contributed by atoms with van der Waals surface area (Å²) in [6.45, 7) is 5.61. The van der Waals surface area contributed by atoms with E-state index < -0.39 is 0 Å². The third-order valence-corrected chi connectivity index (χ3v) is 5.09. The first kappa shape index (κ1) is 17.3. The molecule has 1 amide bonds. The smallest absolute Gasteiger partial charge is 0.336 e. The van der Waals surface area contributed by atoms with Gasteiger partial charge in [0.2, 0.25) is 5.91 Å². The molecule has 0 aliphatic rings. The fourth-order valence-electron chi connectivity index (χ4n) is 2.75. The van der Waals surface area contributed by atoms with Crippen molar-refractivity contribution in [2.75, 3.05) is 5.32 Å². The molecule has 0 fully saturated rings. The lowest BCUT2D eigenvalue weighted by Crippen LogP contribution is -2.06. The first-order chi connectivity index (χ1) is 11.9. The van der Waals surface area contributed by atoms with Gasteiger partial charge in [-0.05, 0) is 43.2 Å². The topological polar surface area (TPSA) is 59.3 Å². The van der Waals surface area contributed by atoms with E-state index in [0.717, 1.165) is 10.9 Å². The van der Waals surface area contributed by atoms with E-state index in [1.807, 2.05) is 12.1 Å². The summed E-state index contributed by atoms with van der Waals surface area (Å²) in [5.41, 5.74) is 4.09. The summed E-state index contributed by atoms with van der Waals surface area (Å²) in [5.74, 6) is 0.508. The van der Waals surface area contributed by atoms with Crippen LogP contribution >= 0.6 is 11.8 Å². The summed E-state index contributed by atoms with van der Waals surface area (Å²) in [6, 6.07) is 13.3. The Morgan fingerprint density at radius 1 is 1.12 bits per heavy atom. The highest BCUT2D eigenvalue weighted by Gasteiger charge is 2.09. The van der Waals surface area contributed by atoms with Gasteiger partial charge >= 0.3 is 5.63 Å². The summed E-state index contributed by atoms with van der Waals surface area (Å²) in [4.78, 5) is 24.3. The normalized spacial score (nSPS) is 10.8. The highest BCUT2D eigenvalue weighted by molar-refractivity contribution is 7.98. The maximum absolute atomic E-state index is 11.9. The molecule has 0 atom stereocenters. The average molecular weight is 353 g/mol. The Morgan fingerprint density at radius 2 is 1.92 bits per heavy atom. The first-order valence-corrected chi connectivity index (χ1v) is 8.95. The zero-order valence-corrected chi connectivity index (χ0v) is 15.2. The fraction of sp³-hybridized carbons (Fsp3) is 0.200. The molecule has 0 radical (unpaired) electrons. The number of aryl methyl sites for hydroxylation is 2. The fourth-order valence-corrected chi connectivity index (χ4v) is 3.75. The SMILES string of the molecule is CC(=O)Nc1ccc2c(CSc3ccc(C)cc3C)cc(=O)oc2c1. The quantitative estimate of drug-likeness (QED) is 0.547. The molecule has 0 unspecified atom stereocenters. The van der Waals surface area contributed by atoms with Gasteiger partial charge in [0.15, 0.2) is 0 Å². The minimum Gasteiger partial charge on any atom is -0.423 e. The van der Waals surface area contributed by atoms with Crippen molar-refractivity contribution >= 4 is 34.3 Å². The predicted molar refractivity (Wildman–Crippen MR) is 102 cm³/mol. The number of thioether (sulfide) groups is 1. The van der Waals surface area contributed by atoms with Gasteiger partial charge in [0.25, 0.3) is 0 Å². The molecule has 25 heavy (non-hydrogen) atoms. The molecular weight excluding hydrogens is 334 g/mol. The van der Waals surface area contributed by atoms with E-state index in [0.29, 0.717) is 17.0 Å². The molecule has 0 aliphatic heterocycles. The molecular formula is C20H19NO3S. The molecule has 4 nitrogen and oxygen atoms in total. The average Bonchev–Trinajstić information content (AvgIpc) is 2.52. The summed E-state index contributed by atoms with van der Waals surface area (Å²) in [7, 11) is 0. The Morgan fingerprint density at radius 3 is 2.64 bits per heavy atom. The van der Waals surface area contributed by atoms with Gasteiger partial charge in [-0.1, -0.05) is 17.7 Å². The molecule has 0 saturated heterocycles. The van der Waals surface area contributed by atoms with Crippen LogP contribution < -0.4 is 10.9 Å². The third kappa shape index (κ3) is 4.12. The summed E-state index contributed by atoms with van der Waals surface area (Å²) >= 11 is 1.70. The van der Waals surface area contributed by atoms with Gasteiger partial charge in [0, 0.05) is 40.8 Å². The third-order valence-electron chi connectivity index (χ3n) is 3.86. The molecule has 3 rings (SSSR count). The van der Waals surface area contributed by atoms with Crippen LogP contribution in [0, 0.1) is 13.8 Å². The van der Waals surface area contributed by atoms with Crippen LogP contribution in [0.25, 0.3) is 11.0 Å². The molecule has 0 bridgehead atoms. The Balaban J connectivity index is 1.92. The number of fused-ring (bicyclic) bond motifs is 1. The molecule has 128 valence electrons. The van der Waals surface area contributed by atoms with Gasteiger partial charge in [-0.25, -0.2) is 4.79 Å². The zero-order chi connectivity index (χ0) is 18.0. The van der Waals surface area contributed by atoms with Gasteiger partial charge in [0.05, 0.1) is 0 Å². The second-order valence-corrected chi connectivity index (χ2v) is 7.06. The Labute approximate surface area is 150 Å². The number of benzene rings is 2. The van der Waals surface area contributed by atoms with Crippen molar-refractivity contribution in [3.8, 4) is 0 Å². The second-order valence-electron chi connectivity index (χ2n) is 6.04. The van der Waals surface area contributed by atoms with Crippen LogP contribution in [0.1, 0.15) is 23.6 Å². The Kier molecular flexibility index (Phi) is 4.95. The van der Waals surface area contributed by atoms with Crippen molar-refractivity contribution in [1.29, 1.82) is 0 Å². The van der Waals surface area contributed by atoms with E-state index in [1.165, 1.54) is 29.0 Å². The summed E-state index contributed by atoms with van der Waals surface area (Å²) in [6.07, 6.45) is 0. The molecule has 0 saturated carbocycles. The highest BCUT2D eigenvalue weighted by Crippen LogP contribution is 2.30. The lowest BCUT2D eigenvalue weighted by atomic mass is 10.1. The van der Waals surface area contributed by atoms with Crippen molar-refractivity contribution in [3.63, 3.8) is 0 Å². The molecule has 1 heterocycles. The molecule has 0 spiro atoms. The van der Waals surface area contributed by atoms with Crippen LogP contribution in [0.3, 0.4) is 0 Å². The molecule has 0 aliphatic carbocycles. The highest BCUT2D eigenvalue weighted by atomic mass is 32.2. The number of carbonyl (C=O) groups is 1. The van der Waals surface area contributed by atoms with Gasteiger partial charge in [0.1, 0.15) is 5.58 Å². The number of rotatable bonds is 4. The standard InChI is InChI=1S/C20H19NO3S/c1-12-4-7-19(13(2)8-12)25-11-15-9-20(23)24-18-10-16(21-14(3)22)5-6-17(15)18/h4-10H,11H2,1-3H3,(H,21,22). The Bertz CT molecular complexity index is 1010. The van der Waals surface area contributed by atoms with Gasteiger partial charge in [-0.2, -0.15) is 0 Å². The van der Waals surface area contributed by atoms with E-state index in [1.54, 1.807) is 17.8 Å². The van der Waals surface area contributed by atoms with E-state index in [2.05, 4.69) is 37.4 Å². The number of carbonyl (C=O) groups excluding carboxylic acids is 1. The van der Waals surface area contributed by atoms with Gasteiger partial charge in [-0.3, -0.25) is 4.79 Å². The van der Waals surface area contributed by atoms with Crippen LogP contribution in [0.4, 0.5) is 5.69 Å². The van der Waals surface area contributed by atoms with E-state index in [9.17, 15) is 9.59 Å². The van der Waals surface area contributed by atoms with Crippen molar-refractivity contribution < 1.29 is 9.21 Å². The zero-order valence-electron chi connectivity index (χ0n) is 14.4. The van der Waals surface area contributed by atoms with Gasteiger partial charge < -0.3 is 9.73 Å². The van der Waals surface area contributed by atoms with E-state index >= 15 is 0 Å². The molecule has 2 aromatic carbocycles. The first-order valence-electron chi connectivity index (χ1n) is 7.97. The maximum atomic E-state index is 11.9. The monoisotopic (exact) mass is 353 g/mol. The van der Waals surface area contributed by atoms with Crippen molar-refractivity contribution in [3.05, 3.63) is 69.6 Å². The van der Waals surface area contributed by atoms with Crippen LogP contribution in [-0.4, -0.2) is 5.91 Å². The van der Waals surface area contributed by atoms with Crippen LogP contribution in [0.5, 0.6) is 0 Å². The number of nitrogens with one attached hydrogen (secondary N) is 1. The number of hydrogen-bond acceptors (Lipinski definition) is 4. The van der Waals surface area contributed by atoms with Gasteiger partial charge in [-0.15, -0.1) is 11.8 Å². The van der Waals surface area contributed by atoms with Crippen molar-refractivity contribution in [1.82, 2.24) is 0 Å². The number of anilines is 1. The van der Waals surface area contributed by atoms with Crippen molar-refractivity contribution in [2.24, 2.45) is 0 Å². The summed E-state index contributed by atoms with van der Waals surface area (Å²) in [5, 5.41) is 3.58. The summed E-state index contributed by atoms with van der Waals surface area (Å²) < 4.78 is 5.30. The second kappa shape index (κ2) is 7.15. The molecule has 3 aromatic rings. The molecule has 5 heteroatoms. The number of amides is 1. The Hall–Kier alpha value is -2.53.